The fourth-order valence-corrected chi connectivity index (χ4v) is 1.98. The van der Waals surface area contributed by atoms with Gasteiger partial charge in [0.05, 0.1) is 11.4 Å². The Hall–Kier alpha value is -2.94. The fraction of sp³-hybridized carbons (Fsp3) is 0. The first-order valence-electron chi connectivity index (χ1n) is 6.67. The van der Waals surface area contributed by atoms with Crippen LogP contribution in [0.15, 0.2) is 89.1 Å². The maximum atomic E-state index is 9.30. The summed E-state index contributed by atoms with van der Waals surface area (Å²) in [5, 5.41) is 17.7. The average Bonchev–Trinajstić information content (AvgIpc) is 2.55. The first kappa shape index (κ1) is 13.1. The van der Waals surface area contributed by atoms with Gasteiger partial charge in [-0.25, -0.2) is 0 Å². The lowest BCUT2D eigenvalue weighted by Crippen LogP contribution is -1.76. The van der Waals surface area contributed by atoms with Crippen molar-refractivity contribution in [2.24, 2.45) is 10.2 Å². The summed E-state index contributed by atoms with van der Waals surface area (Å²) in [6.07, 6.45) is 0. The highest BCUT2D eigenvalue weighted by molar-refractivity contribution is 5.65. The van der Waals surface area contributed by atoms with Crippen molar-refractivity contribution in [2.75, 3.05) is 0 Å². The second kappa shape index (κ2) is 6.01. The highest BCUT2D eigenvalue weighted by atomic mass is 16.3. The van der Waals surface area contributed by atoms with Crippen LogP contribution in [0.2, 0.25) is 0 Å². The van der Waals surface area contributed by atoms with Gasteiger partial charge in [0.2, 0.25) is 0 Å². The van der Waals surface area contributed by atoms with Gasteiger partial charge in [0.1, 0.15) is 5.75 Å². The summed E-state index contributed by atoms with van der Waals surface area (Å²) in [7, 11) is 0. The van der Waals surface area contributed by atoms with Crippen LogP contribution in [-0.2, 0) is 0 Å². The van der Waals surface area contributed by atoms with Crippen molar-refractivity contribution in [2.45, 2.75) is 0 Å². The van der Waals surface area contributed by atoms with Crippen LogP contribution in [-0.4, -0.2) is 5.11 Å². The minimum absolute atomic E-state index is 0.270. The standard InChI is InChI=1S/C18H14N2O/c21-18-12-8-15(9-13-18)14-6-10-17(11-7-14)20-19-16-4-2-1-3-5-16/h1-13,21H. The Morgan fingerprint density at radius 3 is 1.57 bits per heavy atom. The van der Waals surface area contributed by atoms with Crippen molar-refractivity contribution < 1.29 is 5.11 Å². The Labute approximate surface area is 123 Å². The molecule has 1 N–H and O–H groups in total. The third kappa shape index (κ3) is 3.34. The van der Waals surface area contributed by atoms with Gasteiger partial charge in [-0.1, -0.05) is 42.5 Å². The molecule has 3 aromatic carbocycles. The normalized spacial score (nSPS) is 10.9. The van der Waals surface area contributed by atoms with Crippen LogP contribution in [0.4, 0.5) is 11.4 Å². The van der Waals surface area contributed by atoms with E-state index in [9.17, 15) is 5.11 Å². The highest BCUT2D eigenvalue weighted by Gasteiger charge is 1.98. The lowest BCUT2D eigenvalue weighted by atomic mass is 10.1. The molecule has 0 bridgehead atoms. The van der Waals surface area contributed by atoms with E-state index in [4.69, 9.17) is 0 Å². The van der Waals surface area contributed by atoms with Gasteiger partial charge in [-0.05, 0) is 47.5 Å². The molecular weight excluding hydrogens is 260 g/mol. The predicted octanol–water partition coefficient (Wildman–Crippen LogP) is 5.47. The molecule has 0 amide bonds. The lowest BCUT2D eigenvalue weighted by molar-refractivity contribution is 0.475. The zero-order valence-electron chi connectivity index (χ0n) is 11.3. The summed E-state index contributed by atoms with van der Waals surface area (Å²) in [6, 6.07) is 24.6. The smallest absolute Gasteiger partial charge is 0.115 e. The summed E-state index contributed by atoms with van der Waals surface area (Å²) in [5.74, 6) is 0.270. The number of phenolic OH excluding ortho intramolecular Hbond substituents is 1. The van der Waals surface area contributed by atoms with E-state index in [1.54, 1.807) is 12.1 Å². The van der Waals surface area contributed by atoms with Gasteiger partial charge in [0.15, 0.2) is 0 Å². The minimum atomic E-state index is 0.270. The molecule has 0 aliphatic heterocycles. The number of benzene rings is 3. The summed E-state index contributed by atoms with van der Waals surface area (Å²) >= 11 is 0. The van der Waals surface area contributed by atoms with E-state index in [1.165, 1.54) is 0 Å². The van der Waals surface area contributed by atoms with Crippen molar-refractivity contribution in [1.29, 1.82) is 0 Å². The van der Waals surface area contributed by atoms with Crippen molar-refractivity contribution in [1.82, 2.24) is 0 Å². The Bertz CT molecular complexity index is 732. The van der Waals surface area contributed by atoms with Gasteiger partial charge >= 0.3 is 0 Å². The Balaban J connectivity index is 1.78. The molecule has 0 atom stereocenters. The van der Waals surface area contributed by atoms with Crippen LogP contribution < -0.4 is 0 Å². The van der Waals surface area contributed by atoms with E-state index < -0.39 is 0 Å². The zero-order valence-corrected chi connectivity index (χ0v) is 11.3. The largest absolute Gasteiger partial charge is 0.508 e. The molecule has 3 heteroatoms. The summed E-state index contributed by atoms with van der Waals surface area (Å²) in [4.78, 5) is 0. The third-order valence-electron chi connectivity index (χ3n) is 3.11. The van der Waals surface area contributed by atoms with Crippen LogP contribution in [0.5, 0.6) is 5.75 Å². The first-order chi connectivity index (χ1) is 10.3. The SMILES string of the molecule is Oc1ccc(-c2ccc(N=Nc3ccccc3)cc2)cc1. The number of aromatic hydroxyl groups is 1. The second-order valence-electron chi connectivity index (χ2n) is 4.63. The zero-order chi connectivity index (χ0) is 14.5. The van der Waals surface area contributed by atoms with E-state index in [0.29, 0.717) is 0 Å². The molecule has 0 heterocycles. The lowest BCUT2D eigenvalue weighted by Gasteiger charge is -2.02. The van der Waals surface area contributed by atoms with E-state index in [1.807, 2.05) is 66.7 Å². The third-order valence-corrected chi connectivity index (χ3v) is 3.11. The van der Waals surface area contributed by atoms with E-state index in [0.717, 1.165) is 22.5 Å². The first-order valence-corrected chi connectivity index (χ1v) is 6.67. The molecule has 0 aliphatic rings. The number of azo groups is 1. The van der Waals surface area contributed by atoms with Gasteiger partial charge in [-0.2, -0.15) is 10.2 Å². The average molecular weight is 274 g/mol. The minimum Gasteiger partial charge on any atom is -0.508 e. The van der Waals surface area contributed by atoms with Crippen LogP contribution in [0.1, 0.15) is 0 Å². The number of hydrogen-bond donors (Lipinski definition) is 1. The van der Waals surface area contributed by atoms with Crippen LogP contribution in [0, 0.1) is 0 Å². The molecule has 3 rings (SSSR count). The monoisotopic (exact) mass is 274 g/mol. The van der Waals surface area contributed by atoms with Crippen LogP contribution in [0.3, 0.4) is 0 Å². The molecule has 0 spiro atoms. The predicted molar refractivity (Wildman–Crippen MR) is 84.2 cm³/mol. The van der Waals surface area contributed by atoms with Crippen molar-refractivity contribution in [3.8, 4) is 16.9 Å². The molecule has 0 aromatic heterocycles. The van der Waals surface area contributed by atoms with E-state index in [-0.39, 0.29) is 5.75 Å². The Morgan fingerprint density at radius 2 is 1.00 bits per heavy atom. The molecule has 102 valence electrons. The molecule has 0 aliphatic carbocycles. The molecule has 0 fully saturated rings. The van der Waals surface area contributed by atoms with Gasteiger partial charge in [-0.15, -0.1) is 0 Å². The molecular formula is C18H14N2O. The summed E-state index contributed by atoms with van der Waals surface area (Å²) in [6.45, 7) is 0. The van der Waals surface area contributed by atoms with Crippen molar-refractivity contribution in [3.63, 3.8) is 0 Å². The van der Waals surface area contributed by atoms with Crippen molar-refractivity contribution in [3.05, 3.63) is 78.9 Å². The molecule has 0 unspecified atom stereocenters. The molecule has 0 saturated heterocycles. The van der Waals surface area contributed by atoms with Gasteiger partial charge < -0.3 is 5.11 Å². The molecule has 3 nitrogen and oxygen atoms in total. The van der Waals surface area contributed by atoms with Gasteiger partial charge in [0.25, 0.3) is 0 Å². The molecule has 3 aromatic rings. The Morgan fingerprint density at radius 1 is 0.524 bits per heavy atom. The summed E-state index contributed by atoms with van der Waals surface area (Å²) < 4.78 is 0. The van der Waals surface area contributed by atoms with Crippen LogP contribution in [0.25, 0.3) is 11.1 Å². The highest BCUT2D eigenvalue weighted by Crippen LogP contribution is 2.25. The molecule has 0 radical (unpaired) electrons. The number of phenols is 1. The van der Waals surface area contributed by atoms with Crippen molar-refractivity contribution >= 4 is 11.4 Å². The molecule has 21 heavy (non-hydrogen) atoms. The summed E-state index contributed by atoms with van der Waals surface area (Å²) in [5.41, 5.74) is 3.77. The number of nitrogens with zero attached hydrogens (tertiary/aromatic N) is 2. The second-order valence-corrected chi connectivity index (χ2v) is 4.63. The molecule has 0 saturated carbocycles. The number of hydrogen-bond acceptors (Lipinski definition) is 3. The van der Waals surface area contributed by atoms with E-state index >= 15 is 0 Å². The van der Waals surface area contributed by atoms with Crippen LogP contribution >= 0.6 is 0 Å². The quantitative estimate of drug-likeness (QED) is 0.632. The maximum Gasteiger partial charge on any atom is 0.115 e. The Kier molecular flexibility index (Phi) is 3.74. The topological polar surface area (TPSA) is 45.0 Å². The maximum absolute atomic E-state index is 9.30. The van der Waals surface area contributed by atoms with Gasteiger partial charge in [-0.3, -0.25) is 0 Å². The van der Waals surface area contributed by atoms with Gasteiger partial charge in [0, 0.05) is 0 Å². The van der Waals surface area contributed by atoms with E-state index in [2.05, 4.69) is 10.2 Å². The fourth-order valence-electron chi connectivity index (χ4n) is 1.98. The number of rotatable bonds is 3.